The van der Waals surface area contributed by atoms with Crippen LogP contribution in [0, 0.1) is 11.8 Å². The van der Waals surface area contributed by atoms with E-state index in [0.717, 1.165) is 11.8 Å². The molecule has 0 saturated heterocycles. The summed E-state index contributed by atoms with van der Waals surface area (Å²) in [5, 5.41) is 0. The first kappa shape index (κ1) is 11.7. The van der Waals surface area contributed by atoms with Crippen molar-refractivity contribution in [2.24, 2.45) is 11.8 Å². The quantitative estimate of drug-likeness (QED) is 0.515. The Morgan fingerprint density at radius 3 is 1.83 bits per heavy atom. The second-order valence-electron chi connectivity index (χ2n) is 4.02. The predicted molar refractivity (Wildman–Crippen MR) is 57.3 cm³/mol. The third kappa shape index (κ3) is 6.45. The number of hydrogen-bond acceptors (Lipinski definition) is 0. The zero-order valence-corrected chi connectivity index (χ0v) is 9.14. The summed E-state index contributed by atoms with van der Waals surface area (Å²) in [5.74, 6) is 1.72. The van der Waals surface area contributed by atoms with Gasteiger partial charge in [0.05, 0.1) is 0 Å². The summed E-state index contributed by atoms with van der Waals surface area (Å²) in [6, 6.07) is 0. The molecule has 0 spiro atoms. The average Bonchev–Trinajstić information content (AvgIpc) is 2.04. The van der Waals surface area contributed by atoms with Crippen LogP contribution in [-0.4, -0.2) is 0 Å². The average molecular weight is 168 g/mol. The topological polar surface area (TPSA) is 0 Å². The van der Waals surface area contributed by atoms with Crippen LogP contribution < -0.4 is 0 Å². The van der Waals surface area contributed by atoms with Gasteiger partial charge in [0, 0.05) is 0 Å². The lowest BCUT2D eigenvalue weighted by Gasteiger charge is -2.07. The Kier molecular flexibility index (Phi) is 7.23. The Labute approximate surface area is 78.1 Å². The van der Waals surface area contributed by atoms with Gasteiger partial charge in [-0.1, -0.05) is 52.7 Å². The number of rotatable bonds is 6. The molecule has 0 radical (unpaired) electrons. The van der Waals surface area contributed by atoms with Gasteiger partial charge in [-0.25, -0.2) is 0 Å². The van der Waals surface area contributed by atoms with Crippen molar-refractivity contribution in [1.29, 1.82) is 0 Å². The van der Waals surface area contributed by atoms with Crippen molar-refractivity contribution in [3.63, 3.8) is 0 Å². The highest BCUT2D eigenvalue weighted by atomic mass is 14.0. The van der Waals surface area contributed by atoms with Crippen molar-refractivity contribution in [2.75, 3.05) is 0 Å². The van der Waals surface area contributed by atoms with E-state index >= 15 is 0 Å². The van der Waals surface area contributed by atoms with Crippen LogP contribution in [0.15, 0.2) is 12.2 Å². The lowest BCUT2D eigenvalue weighted by Crippen LogP contribution is -1.93. The molecule has 12 heavy (non-hydrogen) atoms. The third-order valence-corrected chi connectivity index (χ3v) is 2.40. The standard InChI is InChI=1S/C12H24/c1-5-12(6-2)10-8-7-9-11(3)4/h7-8,11-12H,5-6,9-10H2,1-4H3. The minimum absolute atomic E-state index is 0.808. The predicted octanol–water partition coefficient (Wildman–Crippen LogP) is 4.42. The molecule has 0 saturated carbocycles. The number of hydrogen-bond donors (Lipinski definition) is 0. The van der Waals surface area contributed by atoms with E-state index in [1.165, 1.54) is 25.7 Å². The van der Waals surface area contributed by atoms with Gasteiger partial charge in [0.15, 0.2) is 0 Å². The molecule has 0 amide bonds. The Hall–Kier alpha value is -0.260. The van der Waals surface area contributed by atoms with Crippen molar-refractivity contribution < 1.29 is 0 Å². The maximum atomic E-state index is 2.36. The molecule has 0 bridgehead atoms. The van der Waals surface area contributed by atoms with E-state index in [0.29, 0.717) is 0 Å². The van der Waals surface area contributed by atoms with Crippen molar-refractivity contribution >= 4 is 0 Å². The maximum Gasteiger partial charge on any atom is -0.0322 e. The summed E-state index contributed by atoms with van der Waals surface area (Å²) in [5.41, 5.74) is 0. The van der Waals surface area contributed by atoms with Crippen LogP contribution >= 0.6 is 0 Å². The van der Waals surface area contributed by atoms with E-state index in [4.69, 9.17) is 0 Å². The summed E-state index contributed by atoms with van der Waals surface area (Å²) < 4.78 is 0. The van der Waals surface area contributed by atoms with Gasteiger partial charge in [0.1, 0.15) is 0 Å². The minimum atomic E-state index is 0.808. The summed E-state index contributed by atoms with van der Waals surface area (Å²) in [6.07, 6.45) is 9.85. The first-order valence-corrected chi connectivity index (χ1v) is 5.35. The molecule has 0 aromatic heterocycles. The van der Waals surface area contributed by atoms with E-state index in [-0.39, 0.29) is 0 Å². The Bertz CT molecular complexity index is 107. The second kappa shape index (κ2) is 7.39. The fourth-order valence-electron chi connectivity index (χ4n) is 1.28. The van der Waals surface area contributed by atoms with Gasteiger partial charge in [-0.3, -0.25) is 0 Å². The molecular formula is C12H24. The largest absolute Gasteiger partial charge is 0.0883 e. The molecule has 0 aliphatic heterocycles. The molecule has 0 aliphatic rings. The summed E-state index contributed by atoms with van der Waals surface area (Å²) in [4.78, 5) is 0. The molecule has 0 heterocycles. The van der Waals surface area contributed by atoms with Crippen molar-refractivity contribution in [2.45, 2.75) is 53.4 Å². The van der Waals surface area contributed by atoms with Crippen LogP contribution in [0.1, 0.15) is 53.4 Å². The molecule has 0 aromatic carbocycles. The molecule has 0 unspecified atom stereocenters. The first-order chi connectivity index (χ1) is 5.70. The van der Waals surface area contributed by atoms with Gasteiger partial charge in [-0.05, 0) is 24.7 Å². The van der Waals surface area contributed by atoms with E-state index in [2.05, 4.69) is 39.8 Å². The lowest BCUT2D eigenvalue weighted by molar-refractivity contribution is 0.498. The molecule has 0 nitrogen and oxygen atoms in total. The highest BCUT2D eigenvalue weighted by molar-refractivity contribution is 4.84. The normalized spacial score (nSPS) is 12.2. The van der Waals surface area contributed by atoms with Crippen LogP contribution in [-0.2, 0) is 0 Å². The molecule has 0 fully saturated rings. The van der Waals surface area contributed by atoms with E-state index in [9.17, 15) is 0 Å². The van der Waals surface area contributed by atoms with Crippen LogP contribution in [0.2, 0.25) is 0 Å². The zero-order chi connectivity index (χ0) is 9.40. The van der Waals surface area contributed by atoms with Crippen LogP contribution in [0.5, 0.6) is 0 Å². The second-order valence-corrected chi connectivity index (χ2v) is 4.02. The monoisotopic (exact) mass is 168 g/mol. The maximum absolute atomic E-state index is 2.36. The summed E-state index contributed by atoms with van der Waals surface area (Å²) >= 11 is 0. The fraction of sp³-hybridized carbons (Fsp3) is 0.833. The highest BCUT2D eigenvalue weighted by Crippen LogP contribution is 2.13. The zero-order valence-electron chi connectivity index (χ0n) is 9.14. The Morgan fingerprint density at radius 1 is 0.917 bits per heavy atom. The van der Waals surface area contributed by atoms with E-state index in [1.807, 2.05) is 0 Å². The summed E-state index contributed by atoms with van der Waals surface area (Å²) in [7, 11) is 0. The molecule has 0 rings (SSSR count). The molecule has 0 aliphatic carbocycles. The lowest BCUT2D eigenvalue weighted by atomic mass is 9.99. The van der Waals surface area contributed by atoms with Gasteiger partial charge in [-0.15, -0.1) is 0 Å². The Balaban J connectivity index is 3.44. The molecule has 72 valence electrons. The molecule has 0 aromatic rings. The third-order valence-electron chi connectivity index (χ3n) is 2.40. The van der Waals surface area contributed by atoms with Gasteiger partial charge in [0.25, 0.3) is 0 Å². The minimum Gasteiger partial charge on any atom is -0.0883 e. The molecule has 0 atom stereocenters. The van der Waals surface area contributed by atoms with Crippen molar-refractivity contribution in [1.82, 2.24) is 0 Å². The van der Waals surface area contributed by atoms with E-state index in [1.54, 1.807) is 0 Å². The van der Waals surface area contributed by atoms with Gasteiger partial charge >= 0.3 is 0 Å². The number of allylic oxidation sites excluding steroid dienone is 2. The van der Waals surface area contributed by atoms with Crippen molar-refractivity contribution in [3.8, 4) is 0 Å². The van der Waals surface area contributed by atoms with Crippen LogP contribution in [0.3, 0.4) is 0 Å². The SMILES string of the molecule is CCC(CC)CC=CCC(C)C. The smallest absolute Gasteiger partial charge is 0.0322 e. The van der Waals surface area contributed by atoms with Crippen molar-refractivity contribution in [3.05, 3.63) is 12.2 Å². The first-order valence-electron chi connectivity index (χ1n) is 5.35. The summed E-state index contributed by atoms with van der Waals surface area (Å²) in [6.45, 7) is 9.10. The van der Waals surface area contributed by atoms with Crippen LogP contribution in [0.25, 0.3) is 0 Å². The molecule has 0 heteroatoms. The van der Waals surface area contributed by atoms with Gasteiger partial charge in [-0.2, -0.15) is 0 Å². The van der Waals surface area contributed by atoms with Crippen LogP contribution in [0.4, 0.5) is 0 Å². The highest BCUT2D eigenvalue weighted by Gasteiger charge is 1.98. The molecule has 0 N–H and O–H groups in total. The fourth-order valence-corrected chi connectivity index (χ4v) is 1.28. The Morgan fingerprint density at radius 2 is 1.42 bits per heavy atom. The van der Waals surface area contributed by atoms with Gasteiger partial charge in [0.2, 0.25) is 0 Å². The molecular weight excluding hydrogens is 144 g/mol. The van der Waals surface area contributed by atoms with Gasteiger partial charge < -0.3 is 0 Å². The van der Waals surface area contributed by atoms with E-state index < -0.39 is 0 Å².